The summed E-state index contributed by atoms with van der Waals surface area (Å²) in [7, 11) is 0. The first-order chi connectivity index (χ1) is 9.19. The third kappa shape index (κ3) is 3.80. The molecule has 0 aliphatic carbocycles. The lowest BCUT2D eigenvalue weighted by atomic mass is 10.1. The molecule has 96 valence electrons. The van der Waals surface area contributed by atoms with E-state index in [-0.39, 0.29) is 11.6 Å². The van der Waals surface area contributed by atoms with Crippen LogP contribution in [0.15, 0.2) is 59.5 Å². The van der Waals surface area contributed by atoms with Crippen molar-refractivity contribution in [2.24, 2.45) is 0 Å². The number of carbonyl (C=O) groups is 1. The van der Waals surface area contributed by atoms with E-state index in [9.17, 15) is 9.18 Å². The van der Waals surface area contributed by atoms with E-state index in [0.717, 1.165) is 4.90 Å². The van der Waals surface area contributed by atoms with E-state index in [1.165, 1.54) is 18.2 Å². The summed E-state index contributed by atoms with van der Waals surface area (Å²) in [5.74, 6) is -0.393. The highest BCUT2D eigenvalue weighted by molar-refractivity contribution is 7.98. The number of rotatable bonds is 4. The Hall–Kier alpha value is -1.87. The van der Waals surface area contributed by atoms with Gasteiger partial charge < -0.3 is 0 Å². The second kappa shape index (κ2) is 6.34. The summed E-state index contributed by atoms with van der Waals surface area (Å²) in [4.78, 5) is 13.0. The Morgan fingerprint density at radius 1 is 1.16 bits per heavy atom. The molecule has 0 aromatic heterocycles. The maximum Gasteiger partial charge on any atom is 0.185 e. The van der Waals surface area contributed by atoms with Crippen molar-refractivity contribution in [1.29, 1.82) is 0 Å². The number of hydrogen-bond donors (Lipinski definition) is 0. The number of carbonyl (C=O) groups excluding carboxylic acids is 1. The largest absolute Gasteiger partial charge is 0.289 e. The van der Waals surface area contributed by atoms with Crippen LogP contribution in [-0.2, 0) is 0 Å². The summed E-state index contributed by atoms with van der Waals surface area (Å²) in [5, 5.41) is 0. The van der Waals surface area contributed by atoms with Crippen molar-refractivity contribution in [2.45, 2.75) is 4.90 Å². The van der Waals surface area contributed by atoms with Gasteiger partial charge in [0.2, 0.25) is 0 Å². The highest BCUT2D eigenvalue weighted by Crippen LogP contribution is 2.15. The first kappa shape index (κ1) is 13.6. The van der Waals surface area contributed by atoms with Crippen LogP contribution in [0.5, 0.6) is 0 Å². The molecule has 0 bridgehead atoms. The van der Waals surface area contributed by atoms with E-state index < -0.39 is 0 Å². The van der Waals surface area contributed by atoms with Gasteiger partial charge in [0.25, 0.3) is 0 Å². The molecule has 1 nitrogen and oxygen atoms in total. The van der Waals surface area contributed by atoms with Crippen LogP contribution in [0, 0.1) is 5.82 Å². The third-order valence-corrected chi connectivity index (χ3v) is 3.39. The molecule has 19 heavy (non-hydrogen) atoms. The van der Waals surface area contributed by atoms with E-state index in [4.69, 9.17) is 0 Å². The molecule has 0 fully saturated rings. The number of allylic oxidation sites excluding steroid dienone is 1. The summed E-state index contributed by atoms with van der Waals surface area (Å²) < 4.78 is 13.0. The number of benzene rings is 2. The summed E-state index contributed by atoms with van der Waals surface area (Å²) in [6.45, 7) is 0. The normalized spacial score (nSPS) is 10.8. The molecule has 3 heteroatoms. The molecule has 0 atom stereocenters. The van der Waals surface area contributed by atoms with E-state index in [2.05, 4.69) is 0 Å². The minimum absolute atomic E-state index is 0.0862. The topological polar surface area (TPSA) is 17.1 Å². The Morgan fingerprint density at radius 3 is 2.53 bits per heavy atom. The molecule has 2 aromatic rings. The van der Waals surface area contributed by atoms with Gasteiger partial charge in [0, 0.05) is 10.5 Å². The fourth-order valence-corrected chi connectivity index (χ4v) is 2.04. The zero-order valence-electron chi connectivity index (χ0n) is 10.5. The lowest BCUT2D eigenvalue weighted by Gasteiger charge is -1.98. The van der Waals surface area contributed by atoms with Crippen LogP contribution in [0.25, 0.3) is 6.08 Å². The third-order valence-electron chi connectivity index (χ3n) is 2.65. The predicted octanol–water partition coefficient (Wildman–Crippen LogP) is 4.44. The Bertz CT molecular complexity index is 602. The maximum atomic E-state index is 13.0. The quantitative estimate of drug-likeness (QED) is 0.465. The molecule has 0 aliphatic rings. The highest BCUT2D eigenvalue weighted by Gasteiger charge is 2.01. The standard InChI is InChI=1S/C16H13FOS/c1-19-15-8-6-13(7-9-15)16(18)10-5-12-3-2-4-14(17)11-12/h2-11H,1H3/b10-5+. The average Bonchev–Trinajstić information content (AvgIpc) is 2.45. The van der Waals surface area contributed by atoms with Crippen molar-refractivity contribution in [1.82, 2.24) is 0 Å². The molecular formula is C16H13FOS. The Balaban J connectivity index is 2.11. The van der Waals surface area contributed by atoms with Crippen molar-refractivity contribution >= 4 is 23.6 Å². The summed E-state index contributed by atoms with van der Waals surface area (Å²) >= 11 is 1.63. The average molecular weight is 272 g/mol. The molecule has 0 saturated heterocycles. The summed E-state index contributed by atoms with van der Waals surface area (Å²) in [6.07, 6.45) is 5.07. The number of thioether (sulfide) groups is 1. The minimum atomic E-state index is -0.307. The summed E-state index contributed by atoms with van der Waals surface area (Å²) in [5.41, 5.74) is 1.31. The second-order valence-electron chi connectivity index (χ2n) is 3.98. The van der Waals surface area contributed by atoms with Gasteiger partial charge in [-0.05, 0) is 54.3 Å². The van der Waals surface area contributed by atoms with E-state index in [1.807, 2.05) is 18.4 Å². The Kier molecular flexibility index (Phi) is 4.53. The molecule has 0 heterocycles. The Labute approximate surface area is 116 Å². The van der Waals surface area contributed by atoms with Gasteiger partial charge in [-0.15, -0.1) is 11.8 Å². The molecule has 0 N–H and O–H groups in total. The predicted molar refractivity (Wildman–Crippen MR) is 78.0 cm³/mol. The monoisotopic (exact) mass is 272 g/mol. The first-order valence-electron chi connectivity index (χ1n) is 5.81. The van der Waals surface area contributed by atoms with Gasteiger partial charge in [-0.1, -0.05) is 18.2 Å². The lowest BCUT2D eigenvalue weighted by molar-refractivity contribution is 0.104. The second-order valence-corrected chi connectivity index (χ2v) is 4.86. The minimum Gasteiger partial charge on any atom is -0.289 e. The molecule has 0 aliphatic heterocycles. The number of halogens is 1. The maximum absolute atomic E-state index is 13.0. The van der Waals surface area contributed by atoms with Gasteiger partial charge in [0.15, 0.2) is 5.78 Å². The number of hydrogen-bond acceptors (Lipinski definition) is 2. The van der Waals surface area contributed by atoms with Gasteiger partial charge in [-0.3, -0.25) is 4.79 Å². The smallest absolute Gasteiger partial charge is 0.185 e. The summed E-state index contributed by atoms with van der Waals surface area (Å²) in [6, 6.07) is 13.5. The van der Waals surface area contributed by atoms with Gasteiger partial charge in [-0.2, -0.15) is 0 Å². The van der Waals surface area contributed by atoms with Crippen molar-refractivity contribution in [3.63, 3.8) is 0 Å². The molecule has 0 radical (unpaired) electrons. The van der Waals surface area contributed by atoms with Crippen molar-refractivity contribution < 1.29 is 9.18 Å². The molecule has 0 unspecified atom stereocenters. The molecule has 0 spiro atoms. The SMILES string of the molecule is CSc1ccc(C(=O)/C=C/c2cccc(F)c2)cc1. The fraction of sp³-hybridized carbons (Fsp3) is 0.0625. The fourth-order valence-electron chi connectivity index (χ4n) is 1.63. The van der Waals surface area contributed by atoms with Gasteiger partial charge >= 0.3 is 0 Å². The van der Waals surface area contributed by atoms with Crippen molar-refractivity contribution in [3.05, 3.63) is 71.6 Å². The van der Waals surface area contributed by atoms with Crippen molar-refractivity contribution in [2.75, 3.05) is 6.26 Å². The van der Waals surface area contributed by atoms with E-state index in [1.54, 1.807) is 42.1 Å². The Morgan fingerprint density at radius 2 is 1.89 bits per heavy atom. The van der Waals surface area contributed by atoms with Crippen LogP contribution in [0.1, 0.15) is 15.9 Å². The molecule has 0 saturated carbocycles. The molecule has 0 amide bonds. The van der Waals surface area contributed by atoms with Gasteiger partial charge in [0.05, 0.1) is 0 Å². The van der Waals surface area contributed by atoms with Crippen LogP contribution in [0.4, 0.5) is 4.39 Å². The zero-order chi connectivity index (χ0) is 13.7. The highest BCUT2D eigenvalue weighted by atomic mass is 32.2. The van der Waals surface area contributed by atoms with Gasteiger partial charge in [-0.25, -0.2) is 4.39 Å². The van der Waals surface area contributed by atoms with Crippen LogP contribution in [0.3, 0.4) is 0 Å². The van der Waals surface area contributed by atoms with Crippen LogP contribution >= 0.6 is 11.8 Å². The van der Waals surface area contributed by atoms with Crippen LogP contribution in [0.2, 0.25) is 0 Å². The molecular weight excluding hydrogens is 259 g/mol. The zero-order valence-corrected chi connectivity index (χ0v) is 11.3. The van der Waals surface area contributed by atoms with Gasteiger partial charge in [0.1, 0.15) is 5.82 Å². The van der Waals surface area contributed by atoms with E-state index >= 15 is 0 Å². The molecule has 2 aromatic carbocycles. The van der Waals surface area contributed by atoms with Crippen molar-refractivity contribution in [3.8, 4) is 0 Å². The molecule has 2 rings (SSSR count). The van der Waals surface area contributed by atoms with E-state index in [0.29, 0.717) is 11.1 Å². The first-order valence-corrected chi connectivity index (χ1v) is 7.03. The number of ketones is 1. The lowest BCUT2D eigenvalue weighted by Crippen LogP contribution is -1.93. The van der Waals surface area contributed by atoms with Crippen LogP contribution in [-0.4, -0.2) is 12.0 Å². The van der Waals surface area contributed by atoms with Crippen LogP contribution < -0.4 is 0 Å².